The Hall–Kier alpha value is -1.22. The highest BCUT2D eigenvalue weighted by Crippen LogP contribution is 2.27. The van der Waals surface area contributed by atoms with Gasteiger partial charge in [0.05, 0.1) is 26.9 Å². The molecule has 114 valence electrons. The normalized spacial score (nSPS) is 12.2. The summed E-state index contributed by atoms with van der Waals surface area (Å²) in [6.45, 7) is 5.17. The van der Waals surface area contributed by atoms with Gasteiger partial charge in [0.15, 0.2) is 11.5 Å². The van der Waals surface area contributed by atoms with Crippen molar-refractivity contribution in [2.45, 2.75) is 52.1 Å². The fraction of sp³-hybridized carbons (Fsp3) is 0.647. The second-order valence-electron chi connectivity index (χ2n) is 4.98. The van der Waals surface area contributed by atoms with Crippen molar-refractivity contribution >= 4 is 0 Å². The van der Waals surface area contributed by atoms with Crippen molar-refractivity contribution in [1.82, 2.24) is 0 Å². The van der Waals surface area contributed by atoms with E-state index in [1.807, 2.05) is 12.1 Å². The van der Waals surface area contributed by atoms with Crippen LogP contribution in [0.15, 0.2) is 18.2 Å². The third kappa shape index (κ3) is 5.41. The Bertz CT molecular complexity index is 376. The molecule has 0 saturated carbocycles. The molecule has 0 aliphatic heterocycles. The quantitative estimate of drug-likeness (QED) is 0.642. The van der Waals surface area contributed by atoms with Crippen LogP contribution >= 0.6 is 0 Å². The minimum absolute atomic E-state index is 0.398. The fourth-order valence-corrected chi connectivity index (χ4v) is 2.22. The summed E-state index contributed by atoms with van der Waals surface area (Å²) in [4.78, 5) is 0. The summed E-state index contributed by atoms with van der Waals surface area (Å²) in [5, 5.41) is 0. The molecule has 0 amide bonds. The van der Waals surface area contributed by atoms with E-state index in [4.69, 9.17) is 14.2 Å². The van der Waals surface area contributed by atoms with Crippen molar-refractivity contribution in [3.05, 3.63) is 23.8 Å². The van der Waals surface area contributed by atoms with E-state index in [1.54, 1.807) is 14.2 Å². The molecule has 1 aromatic carbocycles. The number of benzene rings is 1. The van der Waals surface area contributed by atoms with Crippen LogP contribution in [0.5, 0.6) is 11.5 Å². The van der Waals surface area contributed by atoms with E-state index >= 15 is 0 Å². The first-order valence-electron chi connectivity index (χ1n) is 7.57. The maximum absolute atomic E-state index is 5.96. The van der Waals surface area contributed by atoms with Gasteiger partial charge in [-0.25, -0.2) is 0 Å². The zero-order chi connectivity index (χ0) is 14.8. The van der Waals surface area contributed by atoms with Gasteiger partial charge in [-0.1, -0.05) is 32.8 Å². The molecule has 0 aliphatic carbocycles. The summed E-state index contributed by atoms with van der Waals surface area (Å²) in [5.74, 6) is 1.55. The van der Waals surface area contributed by atoms with Crippen LogP contribution < -0.4 is 9.47 Å². The van der Waals surface area contributed by atoms with Crippen molar-refractivity contribution in [3.63, 3.8) is 0 Å². The first kappa shape index (κ1) is 16.8. The molecule has 1 rings (SSSR count). The number of rotatable bonds is 10. The summed E-state index contributed by atoms with van der Waals surface area (Å²) in [6, 6.07) is 6.04. The van der Waals surface area contributed by atoms with Crippen molar-refractivity contribution in [1.29, 1.82) is 0 Å². The van der Waals surface area contributed by atoms with E-state index in [0.29, 0.717) is 6.10 Å². The smallest absolute Gasteiger partial charge is 0.160 e. The Morgan fingerprint density at radius 2 is 1.80 bits per heavy atom. The number of methoxy groups -OCH3 is 2. The first-order valence-corrected chi connectivity index (χ1v) is 7.57. The van der Waals surface area contributed by atoms with E-state index in [1.165, 1.54) is 24.8 Å². The molecule has 0 saturated heterocycles. The highest BCUT2D eigenvalue weighted by atomic mass is 16.5. The lowest BCUT2D eigenvalue weighted by atomic mass is 10.1. The number of ether oxygens (including phenoxy) is 3. The van der Waals surface area contributed by atoms with E-state index in [0.717, 1.165) is 30.9 Å². The van der Waals surface area contributed by atoms with Gasteiger partial charge >= 0.3 is 0 Å². The van der Waals surface area contributed by atoms with Gasteiger partial charge in [-0.05, 0) is 37.0 Å². The molecule has 0 aliphatic rings. The van der Waals surface area contributed by atoms with Crippen LogP contribution in [0.25, 0.3) is 0 Å². The van der Waals surface area contributed by atoms with Gasteiger partial charge in [0, 0.05) is 0 Å². The molecule has 0 unspecified atom stereocenters. The molecular formula is C17H28O3. The molecule has 0 radical (unpaired) electrons. The number of unbranched alkanes of at least 4 members (excludes halogenated alkanes) is 1. The lowest BCUT2D eigenvalue weighted by molar-refractivity contribution is 0.0455. The highest BCUT2D eigenvalue weighted by molar-refractivity contribution is 5.42. The Morgan fingerprint density at radius 1 is 1.05 bits per heavy atom. The summed E-state index contributed by atoms with van der Waals surface area (Å²) < 4.78 is 16.5. The van der Waals surface area contributed by atoms with Crippen LogP contribution in [0.3, 0.4) is 0 Å². The molecule has 3 heteroatoms. The SMILES string of the molecule is CCCC[C@@H](CC)OCCc1ccc(OC)c(OC)c1. The maximum atomic E-state index is 5.96. The number of hydrogen-bond donors (Lipinski definition) is 0. The molecular weight excluding hydrogens is 252 g/mol. The molecule has 0 bridgehead atoms. The van der Waals surface area contributed by atoms with E-state index in [2.05, 4.69) is 19.9 Å². The second kappa shape index (κ2) is 9.65. The standard InChI is InChI=1S/C17H28O3/c1-5-7-8-15(6-2)20-12-11-14-9-10-16(18-3)17(13-14)19-4/h9-10,13,15H,5-8,11-12H2,1-4H3/t15-/m1/s1. The van der Waals surface area contributed by atoms with Crippen LogP contribution in [0.2, 0.25) is 0 Å². The third-order valence-corrected chi connectivity index (χ3v) is 3.53. The monoisotopic (exact) mass is 280 g/mol. The Kier molecular flexibility index (Phi) is 8.12. The van der Waals surface area contributed by atoms with E-state index < -0.39 is 0 Å². The predicted molar refractivity (Wildman–Crippen MR) is 82.8 cm³/mol. The summed E-state index contributed by atoms with van der Waals surface area (Å²) >= 11 is 0. The first-order chi connectivity index (χ1) is 9.74. The average molecular weight is 280 g/mol. The molecule has 0 N–H and O–H groups in total. The highest BCUT2D eigenvalue weighted by Gasteiger charge is 2.07. The number of hydrogen-bond acceptors (Lipinski definition) is 3. The topological polar surface area (TPSA) is 27.7 Å². The van der Waals surface area contributed by atoms with Gasteiger partial charge < -0.3 is 14.2 Å². The van der Waals surface area contributed by atoms with Gasteiger partial charge in [-0.3, -0.25) is 0 Å². The largest absolute Gasteiger partial charge is 0.493 e. The minimum Gasteiger partial charge on any atom is -0.493 e. The molecule has 1 aromatic rings. The third-order valence-electron chi connectivity index (χ3n) is 3.53. The zero-order valence-corrected chi connectivity index (χ0v) is 13.3. The van der Waals surface area contributed by atoms with Crippen molar-refractivity contribution in [2.75, 3.05) is 20.8 Å². The Morgan fingerprint density at radius 3 is 2.40 bits per heavy atom. The zero-order valence-electron chi connectivity index (χ0n) is 13.3. The molecule has 0 heterocycles. The summed E-state index contributed by atoms with van der Waals surface area (Å²) in [6.07, 6.45) is 6.04. The molecule has 0 aromatic heterocycles. The lowest BCUT2D eigenvalue weighted by Crippen LogP contribution is -2.13. The molecule has 20 heavy (non-hydrogen) atoms. The van der Waals surface area contributed by atoms with E-state index in [9.17, 15) is 0 Å². The van der Waals surface area contributed by atoms with Crippen molar-refractivity contribution in [2.24, 2.45) is 0 Å². The molecule has 0 spiro atoms. The summed E-state index contributed by atoms with van der Waals surface area (Å²) in [7, 11) is 3.32. The van der Waals surface area contributed by atoms with E-state index in [-0.39, 0.29) is 0 Å². The van der Waals surface area contributed by atoms with Gasteiger partial charge in [0.25, 0.3) is 0 Å². The maximum Gasteiger partial charge on any atom is 0.160 e. The van der Waals surface area contributed by atoms with Crippen LogP contribution in [0.1, 0.15) is 45.1 Å². The minimum atomic E-state index is 0.398. The van der Waals surface area contributed by atoms with Gasteiger partial charge in [-0.2, -0.15) is 0 Å². The second-order valence-corrected chi connectivity index (χ2v) is 4.98. The van der Waals surface area contributed by atoms with Crippen LogP contribution in [0.4, 0.5) is 0 Å². The molecule has 1 atom stereocenters. The Labute approximate surface area is 123 Å². The predicted octanol–water partition coefficient (Wildman–Crippen LogP) is 4.23. The average Bonchev–Trinajstić information content (AvgIpc) is 2.50. The summed E-state index contributed by atoms with van der Waals surface area (Å²) in [5.41, 5.74) is 1.22. The molecule has 0 fully saturated rings. The molecule has 3 nitrogen and oxygen atoms in total. The van der Waals surface area contributed by atoms with Gasteiger partial charge in [0.2, 0.25) is 0 Å². The van der Waals surface area contributed by atoms with Crippen molar-refractivity contribution in [3.8, 4) is 11.5 Å². The van der Waals surface area contributed by atoms with Crippen LogP contribution in [-0.2, 0) is 11.2 Å². The lowest BCUT2D eigenvalue weighted by Gasteiger charge is -2.16. The Balaban J connectivity index is 2.44. The van der Waals surface area contributed by atoms with Crippen molar-refractivity contribution < 1.29 is 14.2 Å². The van der Waals surface area contributed by atoms with Gasteiger partial charge in [-0.15, -0.1) is 0 Å². The van der Waals surface area contributed by atoms with Gasteiger partial charge in [0.1, 0.15) is 0 Å². The van der Waals surface area contributed by atoms with Crippen LogP contribution in [0, 0.1) is 0 Å². The van der Waals surface area contributed by atoms with Crippen LogP contribution in [-0.4, -0.2) is 26.9 Å². The fourth-order valence-electron chi connectivity index (χ4n) is 2.22.